The maximum atomic E-state index is 14.2. The van der Waals surface area contributed by atoms with Crippen LogP contribution >= 0.6 is 0 Å². The number of hydrogen-bond acceptors (Lipinski definition) is 7. The second-order valence-corrected chi connectivity index (χ2v) is 10.4. The number of epoxide rings is 1. The van der Waals surface area contributed by atoms with E-state index in [0.717, 1.165) is 16.5 Å². The molecule has 206 valence electrons. The van der Waals surface area contributed by atoms with Gasteiger partial charge in [0.1, 0.15) is 48.1 Å². The first-order valence-corrected chi connectivity index (χ1v) is 13.6. The van der Waals surface area contributed by atoms with Gasteiger partial charge in [0.2, 0.25) is 5.91 Å². The van der Waals surface area contributed by atoms with Crippen molar-refractivity contribution in [3.63, 3.8) is 0 Å². The van der Waals surface area contributed by atoms with Crippen LogP contribution in [0.3, 0.4) is 0 Å². The first kappa shape index (κ1) is 26.5. The molecule has 5 unspecified atom stereocenters. The summed E-state index contributed by atoms with van der Waals surface area (Å²) in [4.78, 5) is 16.0. The molecule has 5 atom stereocenters. The van der Waals surface area contributed by atoms with Crippen LogP contribution in [0, 0.1) is 22.7 Å². The highest BCUT2D eigenvalue weighted by atomic mass is 16.6. The van der Waals surface area contributed by atoms with E-state index in [1.165, 1.54) is 0 Å². The minimum absolute atomic E-state index is 0.0340. The lowest BCUT2D eigenvalue weighted by atomic mass is 10.1. The number of rotatable bonds is 7. The standard InChI is InChI=1S/C32H30N6O3/c1-19(35-3)30-31(41-30)36-29-20(2)40-28-14-7-6-12-27(28)37(32(29)39)18-22-10-8-13-26-24(22)15-23(17-34)38(26)25-11-5-4-9-21(25)16-33/h4-15,19-20,29-31,35-36H,18H2,1-3H3. The maximum absolute atomic E-state index is 14.2. The summed E-state index contributed by atoms with van der Waals surface area (Å²) in [6, 6.07) is 26.4. The van der Waals surface area contributed by atoms with Gasteiger partial charge in [-0.2, -0.15) is 10.5 Å². The van der Waals surface area contributed by atoms with Gasteiger partial charge in [0.05, 0.1) is 29.0 Å². The molecule has 9 nitrogen and oxygen atoms in total. The van der Waals surface area contributed by atoms with Crippen LogP contribution < -0.4 is 20.3 Å². The summed E-state index contributed by atoms with van der Waals surface area (Å²) in [7, 11) is 1.88. The number of amides is 1. The molecule has 1 saturated heterocycles. The fourth-order valence-corrected chi connectivity index (χ4v) is 5.59. The Morgan fingerprint density at radius 1 is 1.00 bits per heavy atom. The van der Waals surface area contributed by atoms with E-state index < -0.39 is 12.1 Å². The van der Waals surface area contributed by atoms with E-state index in [-0.39, 0.29) is 30.8 Å². The molecule has 0 spiro atoms. The summed E-state index contributed by atoms with van der Waals surface area (Å²) < 4.78 is 13.9. The largest absolute Gasteiger partial charge is 0.486 e. The highest BCUT2D eigenvalue weighted by Gasteiger charge is 2.47. The van der Waals surface area contributed by atoms with E-state index in [4.69, 9.17) is 9.47 Å². The Balaban J connectivity index is 1.41. The Morgan fingerprint density at radius 2 is 1.76 bits per heavy atom. The van der Waals surface area contributed by atoms with Crippen molar-refractivity contribution in [2.75, 3.05) is 11.9 Å². The number of likely N-dealkylation sites (N-methyl/N-ethyl adjacent to an activating group) is 1. The summed E-state index contributed by atoms with van der Waals surface area (Å²) in [5.41, 5.74) is 3.84. The van der Waals surface area contributed by atoms with Crippen LogP contribution in [0.5, 0.6) is 5.75 Å². The van der Waals surface area contributed by atoms with E-state index in [0.29, 0.717) is 28.4 Å². The SMILES string of the molecule is CNC(C)C1OC1NC1C(=O)N(Cc2cccc3c2cc(C#N)n3-c2ccccc2C#N)c2ccccc2OC1C. The number of benzene rings is 3. The first-order chi connectivity index (χ1) is 19.9. The summed E-state index contributed by atoms with van der Waals surface area (Å²) >= 11 is 0. The van der Waals surface area contributed by atoms with Gasteiger partial charge >= 0.3 is 0 Å². The summed E-state index contributed by atoms with van der Waals surface area (Å²) in [5.74, 6) is 0.500. The fourth-order valence-electron chi connectivity index (χ4n) is 5.59. The summed E-state index contributed by atoms with van der Waals surface area (Å²) in [5, 5.41) is 27.2. The number of carbonyl (C=O) groups is 1. The second kappa shape index (κ2) is 10.7. The third-order valence-corrected chi connectivity index (χ3v) is 7.93. The topological polar surface area (TPSA) is 119 Å². The molecule has 2 N–H and O–H groups in total. The average Bonchev–Trinajstić information content (AvgIpc) is 3.69. The number of fused-ring (bicyclic) bond motifs is 2. The molecular weight excluding hydrogens is 516 g/mol. The number of nitrogens with one attached hydrogen (secondary N) is 2. The van der Waals surface area contributed by atoms with Gasteiger partial charge in [-0.15, -0.1) is 0 Å². The number of carbonyl (C=O) groups excluding carboxylic acids is 1. The Bertz CT molecular complexity index is 1720. The molecule has 9 heteroatoms. The molecule has 0 saturated carbocycles. The molecule has 3 aromatic carbocycles. The van der Waals surface area contributed by atoms with E-state index in [1.807, 2.05) is 81.6 Å². The number of anilines is 1. The van der Waals surface area contributed by atoms with Crippen molar-refractivity contribution in [3.05, 3.63) is 89.6 Å². The van der Waals surface area contributed by atoms with Crippen LogP contribution in [0.4, 0.5) is 5.69 Å². The monoisotopic (exact) mass is 546 g/mol. The predicted molar refractivity (Wildman–Crippen MR) is 155 cm³/mol. The van der Waals surface area contributed by atoms with Crippen molar-refractivity contribution >= 4 is 22.5 Å². The number of nitriles is 2. The van der Waals surface area contributed by atoms with E-state index in [2.05, 4.69) is 22.8 Å². The van der Waals surface area contributed by atoms with Gasteiger partial charge in [-0.05, 0) is 62.9 Å². The smallest absolute Gasteiger partial charge is 0.248 e. The molecule has 4 aromatic rings. The first-order valence-electron chi connectivity index (χ1n) is 13.6. The zero-order chi connectivity index (χ0) is 28.7. The molecule has 41 heavy (non-hydrogen) atoms. The molecule has 0 bridgehead atoms. The molecule has 1 aromatic heterocycles. The van der Waals surface area contributed by atoms with Crippen LogP contribution in [-0.2, 0) is 16.1 Å². The third kappa shape index (κ3) is 4.71. The van der Waals surface area contributed by atoms with Crippen molar-refractivity contribution in [1.82, 2.24) is 15.2 Å². The predicted octanol–water partition coefficient (Wildman–Crippen LogP) is 3.98. The van der Waals surface area contributed by atoms with Gasteiger partial charge in [-0.3, -0.25) is 14.7 Å². The minimum Gasteiger partial charge on any atom is -0.486 e. The van der Waals surface area contributed by atoms with Crippen LogP contribution in [0.25, 0.3) is 16.6 Å². The van der Waals surface area contributed by atoms with Gasteiger partial charge in [-0.1, -0.05) is 36.4 Å². The quantitative estimate of drug-likeness (QED) is 0.337. The molecule has 2 aliphatic rings. The van der Waals surface area contributed by atoms with Crippen LogP contribution in [0.15, 0.2) is 72.8 Å². The lowest BCUT2D eigenvalue weighted by Gasteiger charge is -2.26. The Morgan fingerprint density at radius 3 is 2.51 bits per heavy atom. The lowest BCUT2D eigenvalue weighted by Crippen LogP contribution is -2.53. The molecule has 0 aliphatic carbocycles. The molecule has 3 heterocycles. The Kier molecular flexibility index (Phi) is 6.94. The van der Waals surface area contributed by atoms with Crippen molar-refractivity contribution < 1.29 is 14.3 Å². The molecule has 6 rings (SSSR count). The zero-order valence-electron chi connectivity index (χ0n) is 23.0. The van der Waals surface area contributed by atoms with Gasteiger partial charge in [0.15, 0.2) is 0 Å². The third-order valence-electron chi connectivity index (χ3n) is 7.93. The van der Waals surface area contributed by atoms with Crippen LogP contribution in [0.1, 0.15) is 30.7 Å². The highest BCUT2D eigenvalue weighted by molar-refractivity contribution is 6.00. The van der Waals surface area contributed by atoms with Crippen molar-refractivity contribution in [3.8, 4) is 23.6 Å². The van der Waals surface area contributed by atoms with Crippen molar-refractivity contribution in [2.45, 2.75) is 50.9 Å². The number of aromatic nitrogens is 1. The van der Waals surface area contributed by atoms with Gasteiger partial charge in [0, 0.05) is 11.4 Å². The van der Waals surface area contributed by atoms with E-state index in [9.17, 15) is 15.3 Å². The molecule has 1 amide bonds. The normalized spacial score (nSPS) is 22.3. The van der Waals surface area contributed by atoms with Crippen LogP contribution in [-0.4, -0.2) is 48.0 Å². The van der Waals surface area contributed by atoms with Crippen molar-refractivity contribution in [1.29, 1.82) is 10.5 Å². The van der Waals surface area contributed by atoms with Gasteiger partial charge in [0.25, 0.3) is 0 Å². The highest BCUT2D eigenvalue weighted by Crippen LogP contribution is 2.37. The summed E-state index contributed by atoms with van der Waals surface area (Å²) in [6.45, 7) is 4.19. The van der Waals surface area contributed by atoms with Gasteiger partial charge in [-0.25, -0.2) is 0 Å². The molecule has 1 fully saturated rings. The molecule has 2 aliphatic heterocycles. The maximum Gasteiger partial charge on any atom is 0.248 e. The summed E-state index contributed by atoms with van der Waals surface area (Å²) in [6.07, 6.45) is -0.724. The zero-order valence-corrected chi connectivity index (χ0v) is 23.0. The Labute approximate surface area is 238 Å². The number of nitrogens with zero attached hydrogens (tertiary/aromatic N) is 4. The lowest BCUT2D eigenvalue weighted by molar-refractivity contribution is -0.122. The fraction of sp³-hybridized carbons (Fsp3) is 0.281. The number of ether oxygens (including phenoxy) is 2. The molecular formula is C32H30N6O3. The van der Waals surface area contributed by atoms with Crippen molar-refractivity contribution in [2.24, 2.45) is 0 Å². The number of hydrogen-bond donors (Lipinski definition) is 2. The van der Waals surface area contributed by atoms with E-state index >= 15 is 0 Å². The van der Waals surface area contributed by atoms with Gasteiger partial charge < -0.3 is 19.7 Å². The average molecular weight is 547 g/mol. The minimum atomic E-state index is -0.637. The number of para-hydroxylation sites is 3. The Hall–Kier alpha value is -4.67. The molecule has 0 radical (unpaired) electrons. The second-order valence-electron chi connectivity index (χ2n) is 10.4. The van der Waals surface area contributed by atoms with E-state index in [1.54, 1.807) is 21.6 Å². The van der Waals surface area contributed by atoms with Crippen LogP contribution in [0.2, 0.25) is 0 Å².